The van der Waals surface area contributed by atoms with E-state index < -0.39 is 11.8 Å². The second-order valence-corrected chi connectivity index (χ2v) is 11.3. The molecule has 0 bridgehead atoms. The van der Waals surface area contributed by atoms with E-state index >= 15 is 0 Å². The quantitative estimate of drug-likeness (QED) is 0.103. The van der Waals surface area contributed by atoms with Gasteiger partial charge in [-0.1, -0.05) is 90.5 Å². The van der Waals surface area contributed by atoms with Crippen LogP contribution in [-0.2, 0) is 4.79 Å². The van der Waals surface area contributed by atoms with Crippen LogP contribution < -0.4 is 28.3 Å². The summed E-state index contributed by atoms with van der Waals surface area (Å²) in [6, 6.07) is 37.7. The van der Waals surface area contributed by atoms with Crippen LogP contribution in [0.5, 0.6) is 0 Å². The second-order valence-electron chi connectivity index (χ2n) is 10.9. The molecule has 0 aliphatic rings. The van der Waals surface area contributed by atoms with E-state index in [1.807, 2.05) is 97.1 Å². The van der Waals surface area contributed by atoms with Crippen molar-refractivity contribution in [2.45, 2.75) is 6.92 Å². The van der Waals surface area contributed by atoms with E-state index in [0.29, 0.717) is 16.1 Å². The van der Waals surface area contributed by atoms with E-state index in [-0.39, 0.29) is 17.8 Å². The summed E-state index contributed by atoms with van der Waals surface area (Å²) in [5, 5.41) is 7.25. The van der Waals surface area contributed by atoms with Crippen molar-refractivity contribution >= 4 is 68.5 Å². The summed E-state index contributed by atoms with van der Waals surface area (Å²) >= 11 is 6.30. The Kier molecular flexibility index (Phi) is 10.3. The highest BCUT2D eigenvalue weighted by Gasteiger charge is 2.11. The maximum absolute atomic E-state index is 12.0. The van der Waals surface area contributed by atoms with Gasteiger partial charge in [0.05, 0.1) is 0 Å². The van der Waals surface area contributed by atoms with Gasteiger partial charge in [-0.15, -0.1) is 0 Å². The number of guanidine groups is 2. The largest absolute Gasteiger partial charge is 0.370 e. The Balaban J connectivity index is 0.000000192. The van der Waals surface area contributed by atoms with Gasteiger partial charge in [0, 0.05) is 34.3 Å². The van der Waals surface area contributed by atoms with Crippen LogP contribution >= 0.6 is 11.6 Å². The van der Waals surface area contributed by atoms with Crippen molar-refractivity contribution in [2.24, 2.45) is 32.9 Å². The van der Waals surface area contributed by atoms with Crippen LogP contribution in [0.15, 0.2) is 131 Å². The molecule has 6 rings (SSSR count). The Morgan fingerprint density at radius 1 is 0.571 bits per heavy atom. The molecule has 11 heteroatoms. The molecule has 0 atom stereocenters. The Labute approximate surface area is 287 Å². The normalized spacial score (nSPS) is 10.4. The molecular formula is C38H32ClN7O3. The van der Waals surface area contributed by atoms with Crippen molar-refractivity contribution in [3.8, 4) is 22.3 Å². The van der Waals surface area contributed by atoms with E-state index in [1.165, 1.54) is 6.92 Å². The Morgan fingerprint density at radius 2 is 1.06 bits per heavy atom. The summed E-state index contributed by atoms with van der Waals surface area (Å²) in [5.41, 5.74) is 26.6. The molecule has 9 N–H and O–H groups in total. The molecule has 49 heavy (non-hydrogen) atoms. The van der Waals surface area contributed by atoms with Crippen molar-refractivity contribution in [1.82, 2.24) is 0 Å². The number of carbonyl (C=O) groups excluding carboxylic acids is 3. The van der Waals surface area contributed by atoms with Crippen LogP contribution in [0.2, 0.25) is 5.02 Å². The zero-order chi connectivity index (χ0) is 35.1. The fourth-order valence-corrected chi connectivity index (χ4v) is 5.54. The van der Waals surface area contributed by atoms with Crippen LogP contribution in [0.1, 0.15) is 27.6 Å². The summed E-state index contributed by atoms with van der Waals surface area (Å²) < 4.78 is 0. The Hall–Kier alpha value is -6.52. The number of halogens is 1. The van der Waals surface area contributed by atoms with Crippen molar-refractivity contribution in [3.63, 3.8) is 0 Å². The lowest BCUT2D eigenvalue weighted by atomic mass is 9.96. The van der Waals surface area contributed by atoms with Gasteiger partial charge in [-0.05, 0) is 80.7 Å². The molecule has 0 radical (unpaired) electrons. The van der Waals surface area contributed by atoms with Gasteiger partial charge in [-0.3, -0.25) is 14.4 Å². The van der Waals surface area contributed by atoms with Crippen molar-refractivity contribution < 1.29 is 14.4 Å². The number of nitrogens with zero attached hydrogens (tertiary/aromatic N) is 2. The van der Waals surface area contributed by atoms with Gasteiger partial charge in [0.1, 0.15) is 0 Å². The Bertz CT molecular complexity index is 2270. The van der Waals surface area contributed by atoms with Gasteiger partial charge >= 0.3 is 0 Å². The second kappa shape index (κ2) is 14.9. The molecule has 244 valence electrons. The number of rotatable bonds is 5. The number of carbonyl (C=O) groups is 3. The van der Waals surface area contributed by atoms with Gasteiger partial charge in [-0.25, -0.2) is 0 Å². The molecule has 0 aromatic heterocycles. The number of anilines is 1. The van der Waals surface area contributed by atoms with Crippen molar-refractivity contribution in [1.29, 1.82) is 0 Å². The number of benzene rings is 6. The number of hydrogen-bond donors (Lipinski definition) is 5. The maximum atomic E-state index is 12.0. The standard InChI is InChI=1S/C20H18N4O2.C18H14ClN3O/c1-12(25)23-16-8-5-13(6-9-16)17-4-2-3-14-11-15(7-10-18(14)17)19(26)24-20(21)22;19-16-7-2-1-5-15(16)14-6-3-4-11-10-12(8-9-13(11)14)17(23)22-18(20)21/h2-11H,1H3,(H,23,25)(H4,21,22,24,26);1-10H,(H4,20,21,22,23). The summed E-state index contributed by atoms with van der Waals surface area (Å²) in [7, 11) is 0. The monoisotopic (exact) mass is 669 g/mol. The van der Waals surface area contributed by atoms with Crippen molar-refractivity contribution in [2.75, 3.05) is 5.32 Å². The van der Waals surface area contributed by atoms with Crippen LogP contribution in [0.4, 0.5) is 5.69 Å². The van der Waals surface area contributed by atoms with E-state index in [9.17, 15) is 14.4 Å². The fraction of sp³-hybridized carbons (Fsp3) is 0.0263. The number of nitrogens with two attached hydrogens (primary N) is 4. The van der Waals surface area contributed by atoms with Crippen molar-refractivity contribution in [3.05, 3.63) is 137 Å². The highest BCUT2D eigenvalue weighted by atomic mass is 35.5. The third kappa shape index (κ3) is 8.26. The van der Waals surface area contributed by atoms with E-state index in [4.69, 9.17) is 34.5 Å². The van der Waals surface area contributed by atoms with Gasteiger partial charge in [-0.2, -0.15) is 9.98 Å². The first-order valence-corrected chi connectivity index (χ1v) is 15.3. The van der Waals surface area contributed by atoms with E-state index in [1.54, 1.807) is 24.3 Å². The smallest absolute Gasteiger partial charge is 0.280 e. The van der Waals surface area contributed by atoms with Crippen LogP contribution in [0.3, 0.4) is 0 Å². The molecule has 0 saturated carbocycles. The lowest BCUT2D eigenvalue weighted by Crippen LogP contribution is -2.24. The molecule has 0 saturated heterocycles. The van der Waals surface area contributed by atoms with E-state index in [0.717, 1.165) is 49.5 Å². The van der Waals surface area contributed by atoms with Crippen LogP contribution in [0.25, 0.3) is 43.8 Å². The number of aliphatic imine (C=N–C) groups is 2. The highest BCUT2D eigenvalue weighted by Crippen LogP contribution is 2.34. The van der Waals surface area contributed by atoms with Crippen LogP contribution in [0, 0.1) is 0 Å². The third-order valence-electron chi connectivity index (χ3n) is 7.40. The molecule has 0 heterocycles. The highest BCUT2D eigenvalue weighted by molar-refractivity contribution is 6.33. The molecule has 10 nitrogen and oxygen atoms in total. The molecule has 3 amide bonds. The first-order valence-electron chi connectivity index (χ1n) is 15.0. The average Bonchev–Trinajstić information content (AvgIpc) is 3.07. The first kappa shape index (κ1) is 33.8. The SMILES string of the molecule is CC(=O)Nc1ccc(-c2cccc3cc(C(=O)N=C(N)N)ccc23)cc1.NC(N)=NC(=O)c1ccc2c(-c3ccccc3Cl)cccc2c1. The summed E-state index contributed by atoms with van der Waals surface area (Å²) in [4.78, 5) is 42.2. The molecule has 6 aromatic rings. The molecule has 0 unspecified atom stereocenters. The summed E-state index contributed by atoms with van der Waals surface area (Å²) in [5.74, 6) is -1.56. The molecular weight excluding hydrogens is 638 g/mol. The molecule has 0 aliphatic carbocycles. The average molecular weight is 670 g/mol. The molecule has 0 spiro atoms. The van der Waals surface area contributed by atoms with Gasteiger partial charge in [0.15, 0.2) is 11.9 Å². The number of hydrogen-bond acceptors (Lipinski definition) is 3. The minimum absolute atomic E-state index is 0.110. The minimum Gasteiger partial charge on any atom is -0.370 e. The Morgan fingerprint density at radius 3 is 1.57 bits per heavy atom. The first-order chi connectivity index (χ1) is 23.5. The zero-order valence-electron chi connectivity index (χ0n) is 26.4. The fourth-order valence-electron chi connectivity index (χ4n) is 5.30. The maximum Gasteiger partial charge on any atom is 0.280 e. The molecule has 6 aromatic carbocycles. The van der Waals surface area contributed by atoms with Crippen LogP contribution in [-0.4, -0.2) is 29.6 Å². The summed E-state index contributed by atoms with van der Waals surface area (Å²) in [6.07, 6.45) is 0. The number of amides is 3. The number of fused-ring (bicyclic) bond motifs is 2. The van der Waals surface area contributed by atoms with Gasteiger partial charge in [0.25, 0.3) is 11.8 Å². The molecule has 0 fully saturated rings. The topological polar surface area (TPSA) is 192 Å². The third-order valence-corrected chi connectivity index (χ3v) is 7.73. The molecule has 0 aliphatic heterocycles. The van der Waals surface area contributed by atoms with E-state index in [2.05, 4.69) is 15.3 Å². The van der Waals surface area contributed by atoms with Gasteiger partial charge < -0.3 is 28.3 Å². The predicted octanol–water partition coefficient (Wildman–Crippen LogP) is 6.45. The zero-order valence-corrected chi connectivity index (χ0v) is 27.1. The number of nitrogens with one attached hydrogen (secondary N) is 1. The lowest BCUT2D eigenvalue weighted by molar-refractivity contribution is -0.114. The summed E-state index contributed by atoms with van der Waals surface area (Å²) in [6.45, 7) is 1.47. The predicted molar refractivity (Wildman–Crippen MR) is 198 cm³/mol. The van der Waals surface area contributed by atoms with Gasteiger partial charge in [0.2, 0.25) is 5.91 Å². The lowest BCUT2D eigenvalue weighted by Gasteiger charge is -2.09. The minimum atomic E-state index is -0.475.